The predicted octanol–water partition coefficient (Wildman–Crippen LogP) is 6.97. The highest BCUT2D eigenvalue weighted by Crippen LogP contribution is 2.36. The molecule has 9 heteroatoms. The zero-order valence-corrected chi connectivity index (χ0v) is 22.4. The van der Waals surface area contributed by atoms with E-state index in [1.54, 1.807) is 29.9 Å². The maximum atomic E-state index is 12.4. The summed E-state index contributed by atoms with van der Waals surface area (Å²) in [5.74, 6) is -0.0355. The molecule has 3 N–H and O–H groups in total. The van der Waals surface area contributed by atoms with Crippen molar-refractivity contribution >= 4 is 45.0 Å². The molecule has 0 radical (unpaired) electrons. The molecule has 1 amide bonds. The van der Waals surface area contributed by atoms with E-state index in [1.165, 1.54) is 9.75 Å². The molecular weight excluding hydrogens is 494 g/mol. The summed E-state index contributed by atoms with van der Waals surface area (Å²) in [4.78, 5) is 31.9. The lowest BCUT2D eigenvalue weighted by Gasteiger charge is -2.17. The summed E-state index contributed by atoms with van der Waals surface area (Å²) >= 11 is 1.77. The van der Waals surface area contributed by atoms with E-state index in [1.807, 2.05) is 45.2 Å². The summed E-state index contributed by atoms with van der Waals surface area (Å²) in [6.45, 7) is 8.23. The first kappa shape index (κ1) is 24.0. The molecule has 0 saturated heterocycles. The van der Waals surface area contributed by atoms with Gasteiger partial charge in [0.2, 0.25) is 5.91 Å². The number of amides is 1. The van der Waals surface area contributed by atoms with Gasteiger partial charge in [-0.1, -0.05) is 20.8 Å². The number of carbonyl (C=O) groups is 1. The second-order valence-corrected chi connectivity index (χ2v) is 11.9. The quantitative estimate of drug-likeness (QED) is 0.227. The van der Waals surface area contributed by atoms with Gasteiger partial charge < -0.3 is 10.3 Å². The Balaban J connectivity index is 1.36. The average Bonchev–Trinajstić information content (AvgIpc) is 3.60. The van der Waals surface area contributed by atoms with E-state index in [-0.39, 0.29) is 11.3 Å². The Bertz CT molecular complexity index is 1800. The molecule has 0 unspecified atom stereocenters. The lowest BCUT2D eigenvalue weighted by molar-refractivity contribution is -0.117. The summed E-state index contributed by atoms with van der Waals surface area (Å²) in [6, 6.07) is 12.4. The van der Waals surface area contributed by atoms with Crippen molar-refractivity contribution in [1.82, 2.24) is 30.1 Å². The Hall–Kier alpha value is -4.37. The van der Waals surface area contributed by atoms with Crippen LogP contribution in [0.2, 0.25) is 0 Å². The highest BCUT2D eigenvalue weighted by atomic mass is 32.1. The van der Waals surface area contributed by atoms with Gasteiger partial charge in [-0.25, -0.2) is 9.97 Å². The number of aromatic amines is 2. The third-order valence-corrected chi connectivity index (χ3v) is 7.29. The first-order valence-electron chi connectivity index (χ1n) is 12.4. The Kier molecular flexibility index (Phi) is 5.80. The molecule has 6 aromatic heterocycles. The number of rotatable bonds is 5. The van der Waals surface area contributed by atoms with Gasteiger partial charge in [0.1, 0.15) is 11.3 Å². The van der Waals surface area contributed by atoms with Gasteiger partial charge in [0.05, 0.1) is 17.6 Å². The van der Waals surface area contributed by atoms with Gasteiger partial charge in [-0.15, -0.1) is 11.3 Å². The molecule has 6 heterocycles. The first-order valence-corrected chi connectivity index (χ1v) is 13.2. The lowest BCUT2D eigenvalue weighted by Crippen LogP contribution is -2.19. The monoisotopic (exact) mass is 521 g/mol. The van der Waals surface area contributed by atoms with Gasteiger partial charge in [-0.2, -0.15) is 5.10 Å². The number of fused-ring (bicyclic) bond motifs is 2. The average molecular weight is 522 g/mol. The zero-order valence-electron chi connectivity index (χ0n) is 21.6. The standard InChI is InChI=1S/C29H27N7OS/c1-16-5-6-24(38-16)20-7-8-31-27-21(20)11-23(34-27)26-22-10-18(14-32-28(22)36-35-26)17-9-19(15-30-13-17)33-25(37)12-29(2,3)4/h5-11,13-15H,12H2,1-4H3,(H,31,34)(H,33,37)(H,32,35,36). The first-order chi connectivity index (χ1) is 18.2. The second kappa shape index (κ2) is 9.18. The van der Waals surface area contributed by atoms with Crippen molar-refractivity contribution in [1.29, 1.82) is 0 Å². The molecular formula is C29H27N7OS. The topological polar surface area (TPSA) is 112 Å². The molecule has 8 nitrogen and oxygen atoms in total. The number of nitrogens with zero attached hydrogens (tertiary/aromatic N) is 4. The van der Waals surface area contributed by atoms with Crippen molar-refractivity contribution < 1.29 is 4.79 Å². The number of thiophene rings is 1. The number of hydrogen-bond acceptors (Lipinski definition) is 6. The number of aryl methyl sites for hydroxylation is 1. The molecule has 6 aromatic rings. The van der Waals surface area contributed by atoms with Gasteiger partial charge in [0.15, 0.2) is 5.65 Å². The van der Waals surface area contributed by atoms with Crippen LogP contribution in [0.3, 0.4) is 0 Å². The van der Waals surface area contributed by atoms with E-state index in [0.29, 0.717) is 17.8 Å². The maximum Gasteiger partial charge on any atom is 0.224 e. The van der Waals surface area contributed by atoms with Gasteiger partial charge >= 0.3 is 0 Å². The number of H-pyrrole nitrogens is 2. The van der Waals surface area contributed by atoms with Gasteiger partial charge in [-0.05, 0) is 48.7 Å². The van der Waals surface area contributed by atoms with Crippen LogP contribution in [-0.4, -0.2) is 36.0 Å². The molecule has 0 bridgehead atoms. The van der Waals surface area contributed by atoms with E-state index < -0.39 is 0 Å². The van der Waals surface area contributed by atoms with Gasteiger partial charge in [0, 0.05) is 62.2 Å². The van der Waals surface area contributed by atoms with Gasteiger partial charge in [0.25, 0.3) is 0 Å². The van der Waals surface area contributed by atoms with Crippen molar-refractivity contribution in [3.05, 3.63) is 66.1 Å². The van der Waals surface area contributed by atoms with E-state index in [4.69, 9.17) is 0 Å². The second-order valence-electron chi connectivity index (χ2n) is 10.7. The van der Waals surface area contributed by atoms with Crippen molar-refractivity contribution in [2.45, 2.75) is 34.1 Å². The van der Waals surface area contributed by atoms with E-state index in [2.05, 4.69) is 60.6 Å². The third-order valence-electron chi connectivity index (χ3n) is 6.26. The fraction of sp³-hybridized carbons (Fsp3) is 0.207. The minimum Gasteiger partial charge on any atom is -0.338 e. The Morgan fingerprint density at radius 2 is 1.82 bits per heavy atom. The van der Waals surface area contributed by atoms with Crippen LogP contribution >= 0.6 is 11.3 Å². The fourth-order valence-electron chi connectivity index (χ4n) is 4.57. The zero-order chi connectivity index (χ0) is 26.4. The number of anilines is 1. The summed E-state index contributed by atoms with van der Waals surface area (Å²) in [7, 11) is 0. The van der Waals surface area contributed by atoms with Crippen LogP contribution < -0.4 is 5.32 Å². The minimum absolute atomic E-state index is 0.0355. The Morgan fingerprint density at radius 3 is 2.61 bits per heavy atom. The molecule has 38 heavy (non-hydrogen) atoms. The summed E-state index contributed by atoms with van der Waals surface area (Å²) in [6.07, 6.45) is 7.46. The molecule has 0 atom stereocenters. The van der Waals surface area contributed by atoms with E-state index >= 15 is 0 Å². The van der Waals surface area contributed by atoms with Crippen LogP contribution in [0.4, 0.5) is 5.69 Å². The third kappa shape index (κ3) is 4.68. The molecule has 6 rings (SSSR count). The SMILES string of the molecule is Cc1ccc(-c2ccnc3[nH]c(-c4n[nH]c5ncc(-c6cncc(NC(=O)CC(C)(C)C)c6)cc45)cc23)s1. The minimum atomic E-state index is -0.0939. The lowest BCUT2D eigenvalue weighted by atomic mass is 9.92. The van der Waals surface area contributed by atoms with E-state index in [9.17, 15) is 4.79 Å². The Labute approximate surface area is 223 Å². The van der Waals surface area contributed by atoms with Crippen molar-refractivity contribution in [3.8, 4) is 33.0 Å². The van der Waals surface area contributed by atoms with Crippen LogP contribution in [0, 0.1) is 12.3 Å². The molecule has 0 aromatic carbocycles. The maximum absolute atomic E-state index is 12.4. The highest BCUT2D eigenvalue weighted by molar-refractivity contribution is 7.15. The van der Waals surface area contributed by atoms with Crippen molar-refractivity contribution in [2.24, 2.45) is 5.41 Å². The number of nitrogens with one attached hydrogen (secondary N) is 3. The van der Waals surface area contributed by atoms with Crippen LogP contribution in [0.25, 0.3) is 55.0 Å². The van der Waals surface area contributed by atoms with Gasteiger partial charge in [-0.3, -0.25) is 14.9 Å². The van der Waals surface area contributed by atoms with Crippen LogP contribution in [0.5, 0.6) is 0 Å². The summed E-state index contributed by atoms with van der Waals surface area (Å²) in [5, 5.41) is 12.5. The number of carbonyl (C=O) groups excluding carboxylic acids is 1. The summed E-state index contributed by atoms with van der Waals surface area (Å²) in [5.41, 5.74) is 6.57. The molecule has 190 valence electrons. The number of hydrogen-bond donors (Lipinski definition) is 3. The number of aromatic nitrogens is 6. The van der Waals surface area contributed by atoms with Crippen molar-refractivity contribution in [2.75, 3.05) is 5.32 Å². The molecule has 0 aliphatic carbocycles. The molecule has 0 saturated carbocycles. The van der Waals surface area contributed by atoms with E-state index in [0.717, 1.165) is 44.5 Å². The normalized spacial score (nSPS) is 11.9. The van der Waals surface area contributed by atoms with Crippen molar-refractivity contribution in [3.63, 3.8) is 0 Å². The smallest absolute Gasteiger partial charge is 0.224 e. The molecule has 0 aliphatic heterocycles. The van der Waals surface area contributed by atoms with Crippen LogP contribution in [-0.2, 0) is 4.79 Å². The highest BCUT2D eigenvalue weighted by Gasteiger charge is 2.18. The molecule has 0 aliphatic rings. The molecule has 0 spiro atoms. The number of pyridine rings is 3. The Morgan fingerprint density at radius 1 is 0.974 bits per heavy atom. The molecule has 0 fully saturated rings. The fourth-order valence-corrected chi connectivity index (χ4v) is 5.48. The van der Waals surface area contributed by atoms with Crippen LogP contribution in [0.15, 0.2) is 61.2 Å². The summed E-state index contributed by atoms with van der Waals surface area (Å²) < 4.78 is 0. The predicted molar refractivity (Wildman–Crippen MR) is 153 cm³/mol. The van der Waals surface area contributed by atoms with Crippen LogP contribution in [0.1, 0.15) is 32.1 Å². The largest absolute Gasteiger partial charge is 0.338 e.